The van der Waals surface area contributed by atoms with Crippen molar-refractivity contribution in [3.8, 4) is 0 Å². The molecule has 3 atom stereocenters. The Kier molecular flexibility index (Phi) is 2.93. The number of fused-ring (bicyclic) bond motifs is 2. The van der Waals surface area contributed by atoms with Crippen LogP contribution in [-0.4, -0.2) is 36.1 Å². The van der Waals surface area contributed by atoms with Gasteiger partial charge in [-0.3, -0.25) is 4.79 Å². The molecule has 18 heavy (non-hydrogen) atoms. The molecule has 9 heteroatoms. The van der Waals surface area contributed by atoms with Crippen molar-refractivity contribution in [1.29, 1.82) is 0 Å². The van der Waals surface area contributed by atoms with Gasteiger partial charge in [-0.25, -0.2) is 13.2 Å². The molecule has 0 spiro atoms. The van der Waals surface area contributed by atoms with Gasteiger partial charge >= 0.3 is 11.2 Å². The summed E-state index contributed by atoms with van der Waals surface area (Å²) >= 11 is 0. The topological polar surface area (TPSA) is 101 Å². The number of hydrogen-bond acceptors (Lipinski definition) is 6. The number of ketones is 1. The van der Waals surface area contributed by atoms with E-state index in [2.05, 4.69) is 4.74 Å². The first-order valence-electron chi connectivity index (χ1n) is 5.22. The first-order valence-corrected chi connectivity index (χ1v) is 6.63. The van der Waals surface area contributed by atoms with Crippen molar-refractivity contribution in [3.63, 3.8) is 0 Å². The highest BCUT2D eigenvalue weighted by atomic mass is 32.2. The molecule has 0 radical (unpaired) electrons. The predicted molar refractivity (Wildman–Crippen MR) is 50.4 cm³/mol. The van der Waals surface area contributed by atoms with Crippen molar-refractivity contribution >= 4 is 21.9 Å². The Labute approximate surface area is 101 Å². The van der Waals surface area contributed by atoms with Crippen LogP contribution in [-0.2, 0) is 24.4 Å². The van der Waals surface area contributed by atoms with Crippen LogP contribution in [0.4, 0.5) is 8.78 Å². The molecule has 0 aromatic carbocycles. The second-order valence-corrected chi connectivity index (χ2v) is 5.89. The maximum atomic E-state index is 12.9. The highest BCUT2D eigenvalue weighted by Crippen LogP contribution is 2.44. The quantitative estimate of drug-likeness (QED) is 0.535. The molecule has 3 unspecified atom stereocenters. The van der Waals surface area contributed by atoms with Crippen LogP contribution in [0.1, 0.15) is 19.3 Å². The third-order valence-corrected chi connectivity index (χ3v) is 4.16. The minimum atomic E-state index is -6.14. The molecule has 0 N–H and O–H groups in total. The summed E-state index contributed by atoms with van der Waals surface area (Å²) in [5.41, 5.74) is 0. The largest absolute Gasteiger partial charge is 0.743 e. The van der Waals surface area contributed by atoms with Crippen molar-refractivity contribution in [2.45, 2.75) is 30.6 Å². The molecule has 2 bridgehead atoms. The lowest BCUT2D eigenvalue weighted by molar-refractivity contribution is -0.172. The van der Waals surface area contributed by atoms with Crippen LogP contribution < -0.4 is 0 Å². The van der Waals surface area contributed by atoms with Crippen molar-refractivity contribution < 1.29 is 36.1 Å². The molecule has 6 nitrogen and oxygen atoms in total. The summed E-state index contributed by atoms with van der Waals surface area (Å²) in [6.45, 7) is 0. The lowest BCUT2D eigenvalue weighted by atomic mass is 9.96. The summed E-state index contributed by atoms with van der Waals surface area (Å²) in [6, 6.07) is 0. The Morgan fingerprint density at radius 2 is 2.00 bits per heavy atom. The number of hydrogen-bond donors (Lipinski definition) is 0. The Morgan fingerprint density at radius 1 is 1.39 bits per heavy atom. The smallest absolute Gasteiger partial charge is 0.428 e. The maximum Gasteiger partial charge on any atom is 0.428 e. The monoisotopic (exact) mass is 283 g/mol. The van der Waals surface area contributed by atoms with Gasteiger partial charge in [0.25, 0.3) is 0 Å². The van der Waals surface area contributed by atoms with Crippen LogP contribution in [0.5, 0.6) is 0 Å². The average Bonchev–Trinajstić information content (AvgIpc) is 2.80. The molecule has 0 aromatic rings. The molecule has 2 fully saturated rings. The summed E-state index contributed by atoms with van der Waals surface area (Å²) in [5.74, 6) is -3.61. The third-order valence-electron chi connectivity index (χ3n) is 3.37. The number of carbonyl (C=O) groups is 2. The zero-order chi connectivity index (χ0) is 13.7. The molecule has 2 aliphatic carbocycles. The van der Waals surface area contributed by atoms with Crippen LogP contribution in [0.3, 0.4) is 0 Å². The van der Waals surface area contributed by atoms with Gasteiger partial charge in [0.1, 0.15) is 0 Å². The normalized spacial score (nSPS) is 31.7. The summed E-state index contributed by atoms with van der Waals surface area (Å²) < 4.78 is 60.6. The van der Waals surface area contributed by atoms with E-state index in [9.17, 15) is 31.3 Å². The van der Waals surface area contributed by atoms with Crippen molar-refractivity contribution in [1.82, 2.24) is 0 Å². The highest BCUT2D eigenvalue weighted by Gasteiger charge is 2.54. The van der Waals surface area contributed by atoms with E-state index in [1.54, 1.807) is 0 Å². The first kappa shape index (κ1) is 13.3. The number of carbonyl (C=O) groups excluding carboxylic acids is 2. The average molecular weight is 283 g/mol. The SMILES string of the molecule is O=C1C2CCC(C2)C1OC(=O)C(F)(F)S(=O)(=O)[O-]. The minimum Gasteiger partial charge on any atom is -0.743 e. The van der Waals surface area contributed by atoms with Crippen molar-refractivity contribution in [3.05, 3.63) is 0 Å². The molecule has 0 heterocycles. The van der Waals surface area contributed by atoms with Crippen LogP contribution in [0.15, 0.2) is 0 Å². The van der Waals surface area contributed by atoms with Crippen LogP contribution in [0.2, 0.25) is 0 Å². The van der Waals surface area contributed by atoms with E-state index in [4.69, 9.17) is 0 Å². The second kappa shape index (κ2) is 3.95. The van der Waals surface area contributed by atoms with Crippen molar-refractivity contribution in [2.75, 3.05) is 0 Å². The van der Waals surface area contributed by atoms with Gasteiger partial charge in [0.15, 0.2) is 22.0 Å². The van der Waals surface area contributed by atoms with E-state index in [0.717, 1.165) is 0 Å². The third kappa shape index (κ3) is 1.91. The summed E-state index contributed by atoms with van der Waals surface area (Å²) in [7, 11) is -6.14. The molecule has 2 saturated carbocycles. The Morgan fingerprint density at radius 3 is 2.44 bits per heavy atom. The molecule has 0 aliphatic heterocycles. The van der Waals surface area contributed by atoms with E-state index in [1.165, 1.54) is 0 Å². The molecule has 102 valence electrons. The van der Waals surface area contributed by atoms with E-state index >= 15 is 0 Å². The van der Waals surface area contributed by atoms with Gasteiger partial charge in [-0.05, 0) is 19.3 Å². The van der Waals surface area contributed by atoms with Gasteiger partial charge in [-0.1, -0.05) is 0 Å². The lowest BCUT2D eigenvalue weighted by Crippen LogP contribution is -2.43. The molecular formula is C9H9F2O6S-. The Hall–Kier alpha value is -1.09. The molecule has 2 rings (SSSR count). The predicted octanol–water partition coefficient (Wildman–Crippen LogP) is 0.0352. The fourth-order valence-corrected chi connectivity index (χ4v) is 2.71. The van der Waals surface area contributed by atoms with Gasteiger partial charge in [-0.15, -0.1) is 0 Å². The van der Waals surface area contributed by atoms with Gasteiger partial charge in [0.2, 0.25) is 0 Å². The van der Waals surface area contributed by atoms with Crippen LogP contribution in [0.25, 0.3) is 0 Å². The molecule has 0 amide bonds. The number of alkyl halides is 2. The Balaban J connectivity index is 2.12. The molecule has 0 aromatic heterocycles. The molecular weight excluding hydrogens is 274 g/mol. The minimum absolute atomic E-state index is 0.315. The van der Waals surface area contributed by atoms with Crippen molar-refractivity contribution in [2.24, 2.45) is 11.8 Å². The number of ether oxygens (including phenoxy) is 1. The number of halogens is 2. The number of esters is 1. The second-order valence-electron chi connectivity index (χ2n) is 4.47. The van der Waals surface area contributed by atoms with Crippen LogP contribution >= 0.6 is 0 Å². The first-order chi connectivity index (χ1) is 8.14. The molecule has 0 saturated heterocycles. The Bertz CT molecular complexity index is 499. The zero-order valence-electron chi connectivity index (χ0n) is 8.97. The maximum absolute atomic E-state index is 12.9. The number of rotatable bonds is 3. The van der Waals surface area contributed by atoms with Gasteiger partial charge < -0.3 is 9.29 Å². The number of Topliss-reactive ketones (excluding diaryl/α,β-unsaturated/α-hetero) is 1. The van der Waals surface area contributed by atoms with E-state index < -0.39 is 33.2 Å². The van der Waals surface area contributed by atoms with E-state index in [-0.39, 0.29) is 11.8 Å². The standard InChI is InChI=1S/C9H10F2O6S/c10-9(11,18(14,15)16)8(13)17-7-5-2-1-4(3-5)6(7)12/h4-5,7H,1-3H2,(H,14,15,16)/p-1. The zero-order valence-corrected chi connectivity index (χ0v) is 9.78. The van der Waals surface area contributed by atoms with Gasteiger partial charge in [0, 0.05) is 11.8 Å². The summed E-state index contributed by atoms with van der Waals surface area (Å²) in [6.07, 6.45) is 0.286. The van der Waals surface area contributed by atoms with E-state index in [0.29, 0.717) is 19.3 Å². The summed E-state index contributed by atoms with van der Waals surface area (Å²) in [5, 5.41) is -5.16. The van der Waals surface area contributed by atoms with E-state index in [1.807, 2.05) is 0 Å². The van der Waals surface area contributed by atoms with Crippen LogP contribution in [0, 0.1) is 11.8 Å². The fourth-order valence-electron chi connectivity index (χ4n) is 2.45. The molecule has 2 aliphatic rings. The fraction of sp³-hybridized carbons (Fsp3) is 0.778. The van der Waals surface area contributed by atoms with Gasteiger partial charge in [-0.2, -0.15) is 8.78 Å². The summed E-state index contributed by atoms with van der Waals surface area (Å²) in [4.78, 5) is 22.5. The van der Waals surface area contributed by atoms with Gasteiger partial charge in [0.05, 0.1) is 0 Å². The highest BCUT2D eigenvalue weighted by molar-refractivity contribution is 7.87. The lowest BCUT2D eigenvalue weighted by Gasteiger charge is -2.24.